The summed E-state index contributed by atoms with van der Waals surface area (Å²) >= 11 is 6.34. The molecule has 0 aromatic heterocycles. The fraction of sp³-hybridized carbons (Fsp3) is 0.227. The Morgan fingerprint density at radius 1 is 1.26 bits per heavy atom. The number of phenolic OH excluding ortho intramolecular Hbond substituents is 1. The van der Waals surface area contributed by atoms with Crippen LogP contribution in [0.1, 0.15) is 35.7 Å². The lowest BCUT2D eigenvalue weighted by Gasteiger charge is -2.15. The summed E-state index contributed by atoms with van der Waals surface area (Å²) in [6, 6.07) is 11.2. The molecule has 0 radical (unpaired) electrons. The Morgan fingerprint density at radius 3 is 2.77 bits per heavy atom. The second-order valence-electron chi connectivity index (χ2n) is 6.62. The topological polar surface area (TPSA) is 88.1 Å². The van der Waals surface area contributed by atoms with Crippen molar-refractivity contribution in [1.29, 1.82) is 0 Å². The molecule has 0 unspecified atom stereocenters. The van der Waals surface area contributed by atoms with Gasteiger partial charge in [0, 0.05) is 5.56 Å². The number of benzene rings is 2. The van der Waals surface area contributed by atoms with E-state index in [2.05, 4.69) is 12.3 Å². The van der Waals surface area contributed by atoms with Crippen molar-refractivity contribution in [3.8, 4) is 17.2 Å². The van der Waals surface area contributed by atoms with Crippen molar-refractivity contribution in [2.75, 3.05) is 13.7 Å². The summed E-state index contributed by atoms with van der Waals surface area (Å²) in [5, 5.41) is 10.6. The number of hydrogen-bond acceptors (Lipinski definition) is 7. The Bertz CT molecular complexity index is 1040. The Morgan fingerprint density at radius 2 is 2.06 bits per heavy atom. The third-order valence-corrected chi connectivity index (χ3v) is 5.66. The van der Waals surface area contributed by atoms with Gasteiger partial charge in [0.05, 0.1) is 18.6 Å². The van der Waals surface area contributed by atoms with Gasteiger partial charge in [0.1, 0.15) is 5.75 Å². The van der Waals surface area contributed by atoms with Crippen molar-refractivity contribution in [2.45, 2.75) is 19.8 Å². The summed E-state index contributed by atoms with van der Waals surface area (Å²) in [6.07, 6.45) is 3.66. The maximum absolute atomic E-state index is 12.8. The Labute approximate surface area is 190 Å². The molecule has 2 aromatic carbocycles. The van der Waals surface area contributed by atoms with Crippen LogP contribution < -0.4 is 14.9 Å². The number of thiocarbonyl (C=S) groups is 1. The van der Waals surface area contributed by atoms with E-state index in [1.807, 2.05) is 6.07 Å². The van der Waals surface area contributed by atoms with Crippen LogP contribution in [0.2, 0.25) is 0 Å². The molecule has 1 heterocycles. The molecule has 2 aromatic rings. The molecule has 1 fully saturated rings. The van der Waals surface area contributed by atoms with Gasteiger partial charge in [-0.05, 0) is 60.6 Å². The molecule has 2 amide bonds. The van der Waals surface area contributed by atoms with Gasteiger partial charge in [0.25, 0.3) is 11.8 Å². The maximum Gasteiger partial charge on any atom is 0.285 e. The number of ether oxygens (including phenoxy) is 2. The largest absolute Gasteiger partial charge is 0.508 e. The van der Waals surface area contributed by atoms with E-state index < -0.39 is 11.8 Å². The minimum Gasteiger partial charge on any atom is -0.508 e. The molecule has 1 saturated heterocycles. The van der Waals surface area contributed by atoms with Gasteiger partial charge in [-0.2, -0.15) is 5.01 Å². The third kappa shape index (κ3) is 5.56. The van der Waals surface area contributed by atoms with E-state index in [1.165, 1.54) is 24.3 Å². The SMILES string of the molecule is CCCCOc1ccc(/C=C2\SC(=S)N(NC(=O)c3cccc(O)c3)C2=O)cc1OC. The number of carbonyl (C=O) groups excluding carboxylic acids is 2. The van der Waals surface area contributed by atoms with Gasteiger partial charge in [-0.1, -0.05) is 37.2 Å². The van der Waals surface area contributed by atoms with Crippen molar-refractivity contribution in [1.82, 2.24) is 10.4 Å². The molecule has 162 valence electrons. The number of phenols is 1. The molecule has 31 heavy (non-hydrogen) atoms. The summed E-state index contributed by atoms with van der Waals surface area (Å²) in [6.45, 7) is 2.69. The number of amides is 2. The predicted molar refractivity (Wildman–Crippen MR) is 124 cm³/mol. The standard InChI is InChI=1S/C22H22N2O5S2/c1-3-4-10-29-17-9-8-14(11-18(17)28-2)12-19-21(27)24(22(30)31-19)23-20(26)15-6-5-7-16(25)13-15/h5-9,11-13,25H,3-4,10H2,1-2H3,(H,23,26)/b19-12-. The zero-order chi connectivity index (χ0) is 22.4. The maximum atomic E-state index is 12.8. The number of hydrogen-bond donors (Lipinski definition) is 2. The molecule has 0 bridgehead atoms. The Balaban J connectivity index is 1.74. The van der Waals surface area contributed by atoms with Crippen LogP contribution in [0, 0.1) is 0 Å². The average Bonchev–Trinajstić information content (AvgIpc) is 3.02. The predicted octanol–water partition coefficient (Wildman–Crippen LogP) is 4.13. The van der Waals surface area contributed by atoms with Gasteiger partial charge in [0.2, 0.25) is 0 Å². The molecule has 3 rings (SSSR count). The van der Waals surface area contributed by atoms with Crippen molar-refractivity contribution in [2.24, 2.45) is 0 Å². The van der Waals surface area contributed by atoms with E-state index in [9.17, 15) is 14.7 Å². The molecule has 2 N–H and O–H groups in total. The highest BCUT2D eigenvalue weighted by molar-refractivity contribution is 8.26. The van der Waals surface area contributed by atoms with E-state index >= 15 is 0 Å². The fourth-order valence-corrected chi connectivity index (χ4v) is 3.93. The Hall–Kier alpha value is -3.04. The highest BCUT2D eigenvalue weighted by atomic mass is 32.2. The lowest BCUT2D eigenvalue weighted by molar-refractivity contribution is -0.123. The van der Waals surface area contributed by atoms with E-state index in [1.54, 1.807) is 25.3 Å². The lowest BCUT2D eigenvalue weighted by Crippen LogP contribution is -2.44. The number of carbonyl (C=O) groups is 2. The minimum absolute atomic E-state index is 0.0472. The van der Waals surface area contributed by atoms with Crippen LogP contribution in [-0.2, 0) is 4.79 Å². The van der Waals surface area contributed by atoms with E-state index in [0.29, 0.717) is 23.0 Å². The number of unbranched alkanes of at least 4 members (excludes halogenated alkanes) is 1. The van der Waals surface area contributed by atoms with Gasteiger partial charge in [-0.25, -0.2) is 0 Å². The highest BCUT2D eigenvalue weighted by Gasteiger charge is 2.33. The van der Waals surface area contributed by atoms with Crippen LogP contribution in [0.25, 0.3) is 6.08 Å². The zero-order valence-electron chi connectivity index (χ0n) is 17.1. The summed E-state index contributed by atoms with van der Waals surface area (Å²) < 4.78 is 11.3. The van der Waals surface area contributed by atoms with Crippen LogP contribution in [-0.4, -0.2) is 40.0 Å². The second-order valence-corrected chi connectivity index (χ2v) is 8.30. The van der Waals surface area contributed by atoms with Crippen molar-refractivity contribution in [3.63, 3.8) is 0 Å². The van der Waals surface area contributed by atoms with Crippen LogP contribution in [0.15, 0.2) is 47.4 Å². The molecule has 1 aliphatic heterocycles. The molecular formula is C22H22N2O5S2. The first-order chi connectivity index (χ1) is 14.9. The molecule has 0 aliphatic carbocycles. The Kier molecular flexibility index (Phi) is 7.54. The first kappa shape index (κ1) is 22.6. The van der Waals surface area contributed by atoms with E-state index in [0.717, 1.165) is 35.2 Å². The van der Waals surface area contributed by atoms with Gasteiger partial charge in [-0.15, -0.1) is 0 Å². The van der Waals surface area contributed by atoms with E-state index in [4.69, 9.17) is 21.7 Å². The number of thioether (sulfide) groups is 1. The highest BCUT2D eigenvalue weighted by Crippen LogP contribution is 2.34. The van der Waals surface area contributed by atoms with Crippen molar-refractivity contribution >= 4 is 46.2 Å². The normalized spacial score (nSPS) is 14.8. The van der Waals surface area contributed by atoms with Crippen molar-refractivity contribution < 1.29 is 24.2 Å². The summed E-state index contributed by atoms with van der Waals surface area (Å²) in [5.74, 6) is 0.167. The number of nitrogens with zero attached hydrogens (tertiary/aromatic N) is 1. The smallest absolute Gasteiger partial charge is 0.285 e. The summed E-state index contributed by atoms with van der Waals surface area (Å²) in [7, 11) is 1.56. The first-order valence-electron chi connectivity index (χ1n) is 9.61. The van der Waals surface area contributed by atoms with Gasteiger partial charge < -0.3 is 14.6 Å². The van der Waals surface area contributed by atoms with Gasteiger partial charge >= 0.3 is 0 Å². The second kappa shape index (κ2) is 10.3. The fourth-order valence-electron chi connectivity index (χ4n) is 2.75. The molecule has 7 nitrogen and oxygen atoms in total. The molecule has 0 spiro atoms. The third-order valence-electron chi connectivity index (χ3n) is 4.36. The van der Waals surface area contributed by atoms with Crippen LogP contribution in [0.5, 0.6) is 17.2 Å². The van der Waals surface area contributed by atoms with Crippen LogP contribution in [0.3, 0.4) is 0 Å². The first-order valence-corrected chi connectivity index (χ1v) is 10.8. The molecule has 9 heteroatoms. The quantitative estimate of drug-likeness (QED) is 0.349. The van der Waals surface area contributed by atoms with Gasteiger partial charge in [-0.3, -0.25) is 15.0 Å². The number of nitrogens with one attached hydrogen (secondary N) is 1. The molecule has 0 saturated carbocycles. The van der Waals surface area contributed by atoms with Crippen LogP contribution in [0.4, 0.5) is 0 Å². The lowest BCUT2D eigenvalue weighted by atomic mass is 10.2. The number of rotatable bonds is 8. The number of methoxy groups -OCH3 is 1. The van der Waals surface area contributed by atoms with E-state index in [-0.39, 0.29) is 15.6 Å². The number of hydrazine groups is 1. The van der Waals surface area contributed by atoms with Crippen molar-refractivity contribution in [3.05, 3.63) is 58.5 Å². The summed E-state index contributed by atoms with van der Waals surface area (Å²) in [5.41, 5.74) is 3.43. The summed E-state index contributed by atoms with van der Waals surface area (Å²) in [4.78, 5) is 25.5. The number of aromatic hydroxyl groups is 1. The zero-order valence-corrected chi connectivity index (χ0v) is 18.7. The molecule has 1 aliphatic rings. The molecule has 0 atom stereocenters. The average molecular weight is 459 g/mol. The molecular weight excluding hydrogens is 436 g/mol. The monoisotopic (exact) mass is 458 g/mol. The van der Waals surface area contributed by atoms with Gasteiger partial charge in [0.15, 0.2) is 15.8 Å². The minimum atomic E-state index is -0.552. The van der Waals surface area contributed by atoms with Crippen LogP contribution >= 0.6 is 24.0 Å².